The molecule has 1 rings (SSSR count). The first-order valence-corrected chi connectivity index (χ1v) is 8.08. The third-order valence-corrected chi connectivity index (χ3v) is 3.91. The molecule has 0 aliphatic heterocycles. The van der Waals surface area contributed by atoms with Gasteiger partial charge in [-0.1, -0.05) is 39.0 Å². The van der Waals surface area contributed by atoms with Crippen molar-refractivity contribution in [3.63, 3.8) is 0 Å². The van der Waals surface area contributed by atoms with Crippen LogP contribution in [0.5, 0.6) is 0 Å². The van der Waals surface area contributed by atoms with Gasteiger partial charge in [-0.3, -0.25) is 9.59 Å². The van der Waals surface area contributed by atoms with E-state index in [1.54, 1.807) is 13.8 Å². The Morgan fingerprint density at radius 3 is 2.00 bits per heavy atom. The van der Waals surface area contributed by atoms with Crippen molar-refractivity contribution in [2.45, 2.75) is 53.9 Å². The first-order valence-electron chi connectivity index (χ1n) is 8.08. The lowest BCUT2D eigenvalue weighted by atomic mass is 9.90. The second-order valence-corrected chi connectivity index (χ2v) is 5.99. The van der Waals surface area contributed by atoms with Crippen molar-refractivity contribution in [3.8, 4) is 0 Å². The Hall–Kier alpha value is -1.84. The van der Waals surface area contributed by atoms with E-state index in [1.807, 2.05) is 25.1 Å². The smallest absolute Gasteiger partial charge is 0.239 e. The van der Waals surface area contributed by atoms with E-state index in [9.17, 15) is 9.59 Å². The highest BCUT2D eigenvalue weighted by molar-refractivity contribution is 6.10. The number of amides is 2. The maximum Gasteiger partial charge on any atom is 0.239 e. The summed E-state index contributed by atoms with van der Waals surface area (Å²) in [7, 11) is 0. The van der Waals surface area contributed by atoms with Crippen LogP contribution in [0.4, 0.5) is 5.69 Å². The van der Waals surface area contributed by atoms with E-state index in [-0.39, 0.29) is 11.8 Å². The van der Waals surface area contributed by atoms with Crippen LogP contribution in [0.25, 0.3) is 0 Å². The number of nitrogens with one attached hydrogen (secondary N) is 2. The molecule has 4 heteroatoms. The quantitative estimate of drug-likeness (QED) is 0.759. The molecule has 2 amide bonds. The molecule has 0 bridgehead atoms. The minimum atomic E-state index is -1.10. The summed E-state index contributed by atoms with van der Waals surface area (Å²) < 4.78 is 0. The molecule has 0 radical (unpaired) electrons. The molecule has 0 saturated carbocycles. The van der Waals surface area contributed by atoms with Gasteiger partial charge in [0.05, 0.1) is 0 Å². The molecule has 1 aromatic rings. The van der Waals surface area contributed by atoms with Gasteiger partial charge < -0.3 is 10.6 Å². The van der Waals surface area contributed by atoms with Crippen LogP contribution >= 0.6 is 0 Å². The monoisotopic (exact) mass is 304 g/mol. The SMILES string of the molecule is CCCNC(=O)C(C)(C)C(=O)Nc1c(CC)cccc1CC. The Morgan fingerprint density at radius 2 is 1.55 bits per heavy atom. The Kier molecular flexibility index (Phi) is 6.60. The van der Waals surface area contributed by atoms with Gasteiger partial charge in [0.2, 0.25) is 11.8 Å². The van der Waals surface area contributed by atoms with Crippen LogP contribution in [0, 0.1) is 5.41 Å². The van der Waals surface area contributed by atoms with E-state index in [0.717, 1.165) is 36.1 Å². The molecule has 0 aliphatic carbocycles. The van der Waals surface area contributed by atoms with Crippen molar-refractivity contribution in [3.05, 3.63) is 29.3 Å². The summed E-state index contributed by atoms with van der Waals surface area (Å²) in [6, 6.07) is 6.03. The maximum atomic E-state index is 12.6. The van der Waals surface area contributed by atoms with E-state index in [2.05, 4.69) is 24.5 Å². The Balaban J connectivity index is 2.99. The Labute approximate surface area is 133 Å². The molecule has 122 valence electrons. The predicted octanol–water partition coefficient (Wildman–Crippen LogP) is 3.30. The van der Waals surface area contributed by atoms with Crippen molar-refractivity contribution in [2.24, 2.45) is 5.41 Å². The standard InChI is InChI=1S/C18H28N2O2/c1-6-12-19-16(21)18(4,5)17(22)20-15-13(7-2)10-9-11-14(15)8-3/h9-11H,6-8,12H2,1-5H3,(H,19,21)(H,20,22). The van der Waals surface area contributed by atoms with E-state index in [0.29, 0.717) is 6.54 Å². The topological polar surface area (TPSA) is 58.2 Å². The van der Waals surface area contributed by atoms with Crippen LogP contribution in [0.2, 0.25) is 0 Å². The fourth-order valence-corrected chi connectivity index (χ4v) is 2.24. The van der Waals surface area contributed by atoms with E-state index in [1.165, 1.54) is 0 Å². The van der Waals surface area contributed by atoms with Gasteiger partial charge in [0.25, 0.3) is 0 Å². The van der Waals surface area contributed by atoms with E-state index >= 15 is 0 Å². The Morgan fingerprint density at radius 1 is 1.00 bits per heavy atom. The molecule has 0 atom stereocenters. The molecule has 0 unspecified atom stereocenters. The summed E-state index contributed by atoms with van der Waals surface area (Å²) in [5, 5.41) is 5.78. The minimum absolute atomic E-state index is 0.237. The number of rotatable bonds is 7. The zero-order valence-electron chi connectivity index (χ0n) is 14.4. The van der Waals surface area contributed by atoms with Gasteiger partial charge in [0.15, 0.2) is 0 Å². The van der Waals surface area contributed by atoms with Crippen molar-refractivity contribution >= 4 is 17.5 Å². The summed E-state index contributed by atoms with van der Waals surface area (Å²) >= 11 is 0. The number of hydrogen-bond donors (Lipinski definition) is 2. The summed E-state index contributed by atoms with van der Waals surface area (Å²) in [6.07, 6.45) is 2.53. The highest BCUT2D eigenvalue weighted by Crippen LogP contribution is 2.26. The molecule has 2 N–H and O–H groups in total. The van der Waals surface area contributed by atoms with Crippen LogP contribution < -0.4 is 10.6 Å². The summed E-state index contributed by atoms with van der Waals surface area (Å²) in [6.45, 7) is 10.0. The number of hydrogen-bond acceptors (Lipinski definition) is 2. The van der Waals surface area contributed by atoms with Gasteiger partial charge in [-0.05, 0) is 44.2 Å². The van der Waals surface area contributed by atoms with Gasteiger partial charge in [-0.15, -0.1) is 0 Å². The second-order valence-electron chi connectivity index (χ2n) is 5.99. The van der Waals surface area contributed by atoms with Gasteiger partial charge in [0.1, 0.15) is 5.41 Å². The summed E-state index contributed by atoms with van der Waals surface area (Å²) in [5.41, 5.74) is 1.95. The minimum Gasteiger partial charge on any atom is -0.355 e. The van der Waals surface area contributed by atoms with Gasteiger partial charge in [-0.25, -0.2) is 0 Å². The van der Waals surface area contributed by atoms with Crippen molar-refractivity contribution in [1.82, 2.24) is 5.32 Å². The first-order chi connectivity index (χ1) is 10.4. The third-order valence-electron chi connectivity index (χ3n) is 3.91. The molecular formula is C18H28N2O2. The third kappa shape index (κ3) is 4.09. The van der Waals surface area contributed by atoms with Crippen molar-refractivity contribution in [1.29, 1.82) is 0 Å². The maximum absolute atomic E-state index is 12.6. The second kappa shape index (κ2) is 7.97. The van der Waals surface area contributed by atoms with Crippen LogP contribution in [0.3, 0.4) is 0 Å². The molecule has 1 aromatic carbocycles. The highest BCUT2D eigenvalue weighted by Gasteiger charge is 2.36. The lowest BCUT2D eigenvalue weighted by molar-refractivity contribution is -0.138. The molecule has 4 nitrogen and oxygen atoms in total. The fraction of sp³-hybridized carbons (Fsp3) is 0.556. The summed E-state index contributed by atoms with van der Waals surface area (Å²) in [4.78, 5) is 24.8. The average molecular weight is 304 g/mol. The van der Waals surface area contributed by atoms with E-state index in [4.69, 9.17) is 0 Å². The molecule has 0 aliphatic rings. The van der Waals surface area contributed by atoms with Crippen LogP contribution in [0.15, 0.2) is 18.2 Å². The number of anilines is 1. The van der Waals surface area contributed by atoms with Crippen molar-refractivity contribution in [2.75, 3.05) is 11.9 Å². The molecule has 22 heavy (non-hydrogen) atoms. The van der Waals surface area contributed by atoms with Gasteiger partial charge >= 0.3 is 0 Å². The fourth-order valence-electron chi connectivity index (χ4n) is 2.24. The number of carbonyl (C=O) groups is 2. The predicted molar refractivity (Wildman–Crippen MR) is 90.9 cm³/mol. The van der Waals surface area contributed by atoms with Crippen LogP contribution in [-0.2, 0) is 22.4 Å². The zero-order chi connectivity index (χ0) is 16.8. The van der Waals surface area contributed by atoms with Crippen LogP contribution in [-0.4, -0.2) is 18.4 Å². The Bertz CT molecular complexity index is 514. The molecule has 0 saturated heterocycles. The number of benzene rings is 1. The molecule has 0 heterocycles. The van der Waals surface area contributed by atoms with Crippen LogP contribution in [0.1, 0.15) is 52.2 Å². The molecule has 0 aromatic heterocycles. The normalized spacial score (nSPS) is 11.1. The number of carbonyl (C=O) groups excluding carboxylic acids is 2. The van der Waals surface area contributed by atoms with Crippen molar-refractivity contribution < 1.29 is 9.59 Å². The van der Waals surface area contributed by atoms with E-state index < -0.39 is 5.41 Å². The lowest BCUT2D eigenvalue weighted by Crippen LogP contribution is -2.45. The van der Waals surface area contributed by atoms with Gasteiger partial charge in [-0.2, -0.15) is 0 Å². The van der Waals surface area contributed by atoms with Gasteiger partial charge in [0, 0.05) is 12.2 Å². The number of para-hydroxylation sites is 1. The zero-order valence-corrected chi connectivity index (χ0v) is 14.4. The first kappa shape index (κ1) is 18.2. The summed E-state index contributed by atoms with van der Waals surface area (Å²) in [5.74, 6) is -0.504. The molecule has 0 spiro atoms. The highest BCUT2D eigenvalue weighted by atomic mass is 16.2. The lowest BCUT2D eigenvalue weighted by Gasteiger charge is -2.24. The molecule has 0 fully saturated rings. The number of aryl methyl sites for hydroxylation is 2. The molecular weight excluding hydrogens is 276 g/mol. The largest absolute Gasteiger partial charge is 0.355 e. The average Bonchev–Trinajstić information content (AvgIpc) is 2.52.